The molecule has 1 saturated heterocycles. The third-order valence-corrected chi connectivity index (χ3v) is 5.09. The van der Waals surface area contributed by atoms with Crippen molar-refractivity contribution in [2.45, 2.75) is 0 Å². The fraction of sp³-hybridized carbons (Fsp3) is 0.263. The molecular weight excluding hydrogens is 399 g/mol. The maximum Gasteiger partial charge on any atom is 0.136 e. The molecule has 0 amide bonds. The number of nitrogens with zero attached hydrogens (tertiary/aromatic N) is 4. The van der Waals surface area contributed by atoms with E-state index in [0.29, 0.717) is 5.39 Å². The van der Waals surface area contributed by atoms with Gasteiger partial charge in [-0.25, -0.2) is 14.4 Å². The smallest absolute Gasteiger partial charge is 0.136 e. The molecule has 7 heteroatoms. The summed E-state index contributed by atoms with van der Waals surface area (Å²) in [5.41, 5.74) is 0. The van der Waals surface area contributed by atoms with Gasteiger partial charge >= 0.3 is 0 Å². The van der Waals surface area contributed by atoms with Crippen LogP contribution < -0.4 is 14.5 Å². The second kappa shape index (κ2) is 7.07. The highest BCUT2D eigenvalue weighted by Gasteiger charge is 2.21. The molecule has 3 heterocycles. The molecule has 2 aromatic heterocycles. The van der Waals surface area contributed by atoms with Crippen molar-refractivity contribution >= 4 is 38.3 Å². The van der Waals surface area contributed by atoms with Crippen LogP contribution in [0, 0.1) is 5.82 Å². The highest BCUT2D eigenvalue weighted by atomic mass is 79.9. The average molecular weight is 417 g/mol. The number of rotatable bonds is 3. The second-order valence-electron chi connectivity index (χ2n) is 6.15. The molecule has 1 aromatic carbocycles. The summed E-state index contributed by atoms with van der Waals surface area (Å²) in [6, 6.07) is 8.91. The van der Waals surface area contributed by atoms with Gasteiger partial charge < -0.3 is 14.5 Å². The lowest BCUT2D eigenvalue weighted by molar-refractivity contribution is 0.414. The van der Waals surface area contributed by atoms with Gasteiger partial charge in [0.15, 0.2) is 0 Å². The third-order valence-electron chi connectivity index (χ3n) is 4.63. The Morgan fingerprint density at radius 2 is 1.69 bits per heavy atom. The summed E-state index contributed by atoms with van der Waals surface area (Å²) in [5.74, 6) is 2.29. The summed E-state index contributed by atoms with van der Waals surface area (Å²) in [7, 11) is 1.65. The number of fused-ring (bicyclic) bond motifs is 1. The van der Waals surface area contributed by atoms with Crippen LogP contribution in [0.2, 0.25) is 0 Å². The lowest BCUT2D eigenvalue weighted by Gasteiger charge is -2.36. The molecule has 0 aliphatic carbocycles. The molecular formula is C19H18BrFN4O. The topological polar surface area (TPSA) is 41.5 Å². The Morgan fingerprint density at radius 3 is 2.46 bits per heavy atom. The van der Waals surface area contributed by atoms with Crippen molar-refractivity contribution in [3.63, 3.8) is 0 Å². The van der Waals surface area contributed by atoms with Crippen LogP contribution in [0.4, 0.5) is 16.0 Å². The van der Waals surface area contributed by atoms with E-state index < -0.39 is 0 Å². The van der Waals surface area contributed by atoms with Crippen LogP contribution in [-0.4, -0.2) is 43.3 Å². The minimum absolute atomic E-state index is 0.239. The molecule has 134 valence electrons. The largest absolute Gasteiger partial charge is 0.497 e. The Balaban J connectivity index is 1.58. The molecule has 1 aliphatic rings. The van der Waals surface area contributed by atoms with Gasteiger partial charge in [-0.2, -0.15) is 0 Å². The van der Waals surface area contributed by atoms with Crippen LogP contribution in [0.5, 0.6) is 5.75 Å². The number of benzene rings is 1. The molecule has 3 aromatic rings. The van der Waals surface area contributed by atoms with E-state index in [1.54, 1.807) is 25.6 Å². The van der Waals surface area contributed by atoms with Crippen LogP contribution in [0.25, 0.3) is 10.8 Å². The predicted molar refractivity (Wildman–Crippen MR) is 105 cm³/mol. The summed E-state index contributed by atoms with van der Waals surface area (Å²) in [5, 5.41) is 1.42. The fourth-order valence-corrected chi connectivity index (χ4v) is 3.72. The monoisotopic (exact) mass is 416 g/mol. The van der Waals surface area contributed by atoms with Crippen LogP contribution >= 0.6 is 15.9 Å². The number of aromatic nitrogens is 2. The summed E-state index contributed by atoms with van der Waals surface area (Å²) in [4.78, 5) is 13.4. The zero-order valence-electron chi connectivity index (χ0n) is 14.3. The molecule has 26 heavy (non-hydrogen) atoms. The van der Waals surface area contributed by atoms with Crippen LogP contribution in [-0.2, 0) is 0 Å². The molecule has 0 unspecified atom stereocenters. The van der Waals surface area contributed by atoms with Gasteiger partial charge in [-0.3, -0.25) is 0 Å². The van der Waals surface area contributed by atoms with E-state index in [9.17, 15) is 4.39 Å². The molecule has 0 N–H and O–H groups in total. The summed E-state index contributed by atoms with van der Waals surface area (Å²) in [6.07, 6.45) is 3.43. The van der Waals surface area contributed by atoms with E-state index in [1.807, 2.05) is 18.2 Å². The quantitative estimate of drug-likeness (QED) is 0.648. The van der Waals surface area contributed by atoms with Gasteiger partial charge in [0.2, 0.25) is 0 Å². The highest BCUT2D eigenvalue weighted by molar-refractivity contribution is 9.10. The van der Waals surface area contributed by atoms with Crippen LogP contribution in [0.1, 0.15) is 0 Å². The van der Waals surface area contributed by atoms with E-state index in [2.05, 4.69) is 35.7 Å². The highest BCUT2D eigenvalue weighted by Crippen LogP contribution is 2.30. The number of methoxy groups -OCH3 is 1. The predicted octanol–water partition coefficient (Wildman–Crippen LogP) is 3.87. The lowest BCUT2D eigenvalue weighted by atomic mass is 10.1. The maximum absolute atomic E-state index is 14.2. The number of ether oxygens (including phenoxy) is 1. The van der Waals surface area contributed by atoms with E-state index in [-0.39, 0.29) is 5.82 Å². The van der Waals surface area contributed by atoms with Gasteiger partial charge in [0.1, 0.15) is 23.2 Å². The van der Waals surface area contributed by atoms with Gasteiger partial charge in [0, 0.05) is 59.9 Å². The summed E-state index contributed by atoms with van der Waals surface area (Å²) >= 11 is 3.38. The average Bonchev–Trinajstić information content (AvgIpc) is 2.68. The minimum atomic E-state index is -0.239. The third kappa shape index (κ3) is 3.19. The molecule has 0 spiro atoms. The van der Waals surface area contributed by atoms with Crippen molar-refractivity contribution < 1.29 is 9.13 Å². The summed E-state index contributed by atoms with van der Waals surface area (Å²) in [6.45, 7) is 3.21. The van der Waals surface area contributed by atoms with Crippen LogP contribution in [0.3, 0.4) is 0 Å². The summed E-state index contributed by atoms with van der Waals surface area (Å²) < 4.78 is 20.2. The lowest BCUT2D eigenvalue weighted by Crippen LogP contribution is -2.47. The van der Waals surface area contributed by atoms with Crippen molar-refractivity contribution in [3.8, 4) is 5.75 Å². The number of hydrogen-bond acceptors (Lipinski definition) is 5. The molecule has 1 aliphatic heterocycles. The first-order valence-corrected chi connectivity index (χ1v) is 9.19. The number of anilines is 2. The molecule has 5 nitrogen and oxygen atoms in total. The zero-order chi connectivity index (χ0) is 18.1. The van der Waals surface area contributed by atoms with Gasteiger partial charge in [-0.15, -0.1) is 0 Å². The molecule has 1 fully saturated rings. The van der Waals surface area contributed by atoms with Crippen molar-refractivity contribution in [1.82, 2.24) is 9.97 Å². The van der Waals surface area contributed by atoms with E-state index >= 15 is 0 Å². The van der Waals surface area contributed by atoms with Crippen LogP contribution in [0.15, 0.2) is 47.2 Å². The molecule has 0 saturated carbocycles. The fourth-order valence-electron chi connectivity index (χ4n) is 3.29. The van der Waals surface area contributed by atoms with Crippen molar-refractivity contribution in [3.05, 3.63) is 53.0 Å². The number of pyridine rings is 2. The Hall–Kier alpha value is -2.41. The zero-order valence-corrected chi connectivity index (χ0v) is 15.9. The first-order chi connectivity index (χ1) is 12.7. The minimum Gasteiger partial charge on any atom is -0.497 e. The Morgan fingerprint density at radius 1 is 0.962 bits per heavy atom. The normalized spacial score (nSPS) is 14.7. The van der Waals surface area contributed by atoms with Crippen molar-refractivity contribution in [1.29, 1.82) is 0 Å². The maximum atomic E-state index is 14.2. The second-order valence-corrected chi connectivity index (χ2v) is 7.06. The Kier molecular flexibility index (Phi) is 4.63. The van der Waals surface area contributed by atoms with E-state index in [4.69, 9.17) is 4.74 Å². The number of hydrogen-bond donors (Lipinski definition) is 0. The molecule has 0 atom stereocenters. The Bertz CT molecular complexity index is 944. The Labute approximate surface area is 159 Å². The van der Waals surface area contributed by atoms with Crippen molar-refractivity contribution in [2.75, 3.05) is 43.1 Å². The van der Waals surface area contributed by atoms with Gasteiger partial charge in [0.05, 0.1) is 7.11 Å². The van der Waals surface area contributed by atoms with Gasteiger partial charge in [-0.05, 0) is 24.3 Å². The molecule has 4 rings (SSSR count). The molecule has 0 bridgehead atoms. The SMILES string of the molecule is COc1ccnc(N2CCN(c3nccc4c(F)cc(Br)cc34)CC2)c1. The first-order valence-electron chi connectivity index (χ1n) is 8.39. The first kappa shape index (κ1) is 17.0. The van der Waals surface area contributed by atoms with Gasteiger partial charge in [-0.1, -0.05) is 15.9 Å². The van der Waals surface area contributed by atoms with E-state index in [1.165, 1.54) is 6.07 Å². The standard InChI is InChI=1S/C19H18BrFN4O/c1-26-14-2-4-22-18(12-14)24-6-8-25(9-7-24)19-16-10-13(20)11-17(21)15(16)3-5-23-19/h2-5,10-12H,6-9H2,1H3. The number of piperazine rings is 1. The van der Waals surface area contributed by atoms with E-state index in [0.717, 1.165) is 53.4 Å². The molecule has 0 radical (unpaired) electrons. The van der Waals surface area contributed by atoms with Crippen molar-refractivity contribution in [2.24, 2.45) is 0 Å². The van der Waals surface area contributed by atoms with Gasteiger partial charge in [0.25, 0.3) is 0 Å². The number of halogens is 2.